The fourth-order valence-corrected chi connectivity index (χ4v) is 1.54. The number of carbonyl (C=O) groups is 1. The summed E-state index contributed by atoms with van der Waals surface area (Å²) in [4.78, 5) is 20.8. The van der Waals surface area contributed by atoms with Crippen LogP contribution in [0.15, 0.2) is 42.5 Å². The number of benzene rings is 2. The highest BCUT2D eigenvalue weighted by molar-refractivity contribution is 5.88. The van der Waals surface area contributed by atoms with Gasteiger partial charge in [0, 0.05) is 0 Å². The molecule has 0 bridgehead atoms. The maximum absolute atomic E-state index is 13.0. The van der Waals surface area contributed by atoms with E-state index in [2.05, 4.69) is 0 Å². The topological polar surface area (TPSA) is 89.7 Å². The predicted molar refractivity (Wildman–Crippen MR) is 66.5 cm³/mol. The Balaban J connectivity index is 2.37. The van der Waals surface area contributed by atoms with E-state index in [0.29, 0.717) is 0 Å². The van der Waals surface area contributed by atoms with Crippen molar-refractivity contribution in [2.45, 2.75) is 0 Å². The van der Waals surface area contributed by atoms with E-state index in [1.165, 1.54) is 24.3 Å². The van der Waals surface area contributed by atoms with Gasteiger partial charge in [0.2, 0.25) is 5.75 Å². The second kappa shape index (κ2) is 5.35. The highest BCUT2D eigenvalue weighted by Crippen LogP contribution is 2.32. The molecule has 0 aliphatic heterocycles. The lowest BCUT2D eigenvalue weighted by Crippen LogP contribution is -1.97. The van der Waals surface area contributed by atoms with Crippen molar-refractivity contribution in [1.29, 1.82) is 0 Å². The number of ether oxygens (including phenoxy) is 1. The summed E-state index contributed by atoms with van der Waals surface area (Å²) in [7, 11) is 0. The Labute approximate surface area is 112 Å². The minimum Gasteiger partial charge on any atom is -0.478 e. The van der Waals surface area contributed by atoms with Crippen molar-refractivity contribution < 1.29 is 24.0 Å². The molecule has 0 aliphatic carbocycles. The number of aromatic carboxylic acids is 1. The standard InChI is InChI=1S/C13H8FNO5/c14-9-4-5-12(11(7-9)15(18)19)20-10-3-1-2-8(6-10)13(16)17/h1-7H,(H,16,17). The third-order valence-corrected chi connectivity index (χ3v) is 2.43. The molecule has 0 unspecified atom stereocenters. The first kappa shape index (κ1) is 13.5. The fourth-order valence-electron chi connectivity index (χ4n) is 1.54. The lowest BCUT2D eigenvalue weighted by molar-refractivity contribution is -0.385. The van der Waals surface area contributed by atoms with Crippen LogP contribution in [0.2, 0.25) is 0 Å². The molecule has 0 spiro atoms. The van der Waals surface area contributed by atoms with Crippen LogP contribution in [0, 0.1) is 15.9 Å². The molecule has 2 rings (SSSR count). The summed E-state index contributed by atoms with van der Waals surface area (Å²) in [6.07, 6.45) is 0. The number of carboxylic acids is 1. The monoisotopic (exact) mass is 277 g/mol. The molecular formula is C13H8FNO5. The van der Waals surface area contributed by atoms with Gasteiger partial charge in [0.1, 0.15) is 11.6 Å². The van der Waals surface area contributed by atoms with Crippen molar-refractivity contribution in [3.05, 3.63) is 64.0 Å². The second-order valence-corrected chi connectivity index (χ2v) is 3.80. The van der Waals surface area contributed by atoms with E-state index >= 15 is 0 Å². The van der Waals surface area contributed by atoms with E-state index in [4.69, 9.17) is 9.84 Å². The van der Waals surface area contributed by atoms with Crippen LogP contribution in [0.4, 0.5) is 10.1 Å². The molecule has 0 radical (unpaired) electrons. The van der Waals surface area contributed by atoms with Crippen molar-refractivity contribution in [2.75, 3.05) is 0 Å². The van der Waals surface area contributed by atoms with Crippen LogP contribution in [-0.2, 0) is 0 Å². The third kappa shape index (κ3) is 2.89. The summed E-state index contributed by atoms with van der Waals surface area (Å²) in [5.74, 6) is -1.97. The molecule has 6 nitrogen and oxygen atoms in total. The van der Waals surface area contributed by atoms with Gasteiger partial charge in [-0.3, -0.25) is 10.1 Å². The Hall–Kier alpha value is -2.96. The first-order valence-corrected chi connectivity index (χ1v) is 5.42. The molecule has 0 aromatic heterocycles. The van der Waals surface area contributed by atoms with E-state index in [-0.39, 0.29) is 17.1 Å². The van der Waals surface area contributed by atoms with Gasteiger partial charge in [0.25, 0.3) is 0 Å². The maximum Gasteiger partial charge on any atom is 0.335 e. The highest BCUT2D eigenvalue weighted by Gasteiger charge is 2.17. The molecule has 2 aromatic rings. The molecule has 0 atom stereocenters. The minimum absolute atomic E-state index is 0.0211. The van der Waals surface area contributed by atoms with Crippen molar-refractivity contribution in [2.24, 2.45) is 0 Å². The molecule has 0 saturated carbocycles. The quantitative estimate of drug-likeness (QED) is 0.684. The van der Waals surface area contributed by atoms with E-state index < -0.39 is 22.4 Å². The summed E-state index contributed by atoms with van der Waals surface area (Å²) in [6.45, 7) is 0. The molecule has 0 saturated heterocycles. The van der Waals surface area contributed by atoms with Gasteiger partial charge in [0.05, 0.1) is 16.6 Å². The summed E-state index contributed by atoms with van der Waals surface area (Å²) in [6, 6.07) is 8.32. The predicted octanol–water partition coefficient (Wildman–Crippen LogP) is 3.22. The number of nitro groups is 1. The Morgan fingerprint density at radius 1 is 1.25 bits per heavy atom. The Morgan fingerprint density at radius 3 is 2.65 bits per heavy atom. The van der Waals surface area contributed by atoms with Gasteiger partial charge in [0.15, 0.2) is 0 Å². The van der Waals surface area contributed by atoms with Crippen LogP contribution in [0.25, 0.3) is 0 Å². The van der Waals surface area contributed by atoms with Crippen LogP contribution in [-0.4, -0.2) is 16.0 Å². The van der Waals surface area contributed by atoms with Gasteiger partial charge in [-0.25, -0.2) is 9.18 Å². The molecule has 0 heterocycles. The average molecular weight is 277 g/mol. The zero-order chi connectivity index (χ0) is 14.7. The number of nitro benzene ring substituents is 1. The normalized spacial score (nSPS) is 10.1. The minimum atomic E-state index is -1.15. The van der Waals surface area contributed by atoms with Crippen LogP contribution in [0.5, 0.6) is 11.5 Å². The van der Waals surface area contributed by atoms with Gasteiger partial charge in [-0.1, -0.05) is 6.07 Å². The number of hydrogen-bond donors (Lipinski definition) is 1. The van der Waals surface area contributed by atoms with E-state index in [1.54, 1.807) is 0 Å². The molecule has 102 valence electrons. The van der Waals surface area contributed by atoms with Gasteiger partial charge >= 0.3 is 11.7 Å². The lowest BCUT2D eigenvalue weighted by atomic mass is 10.2. The molecule has 2 aromatic carbocycles. The van der Waals surface area contributed by atoms with Gasteiger partial charge in [-0.05, 0) is 30.3 Å². The number of carboxylic acid groups (broad SMARTS) is 1. The van der Waals surface area contributed by atoms with Gasteiger partial charge in [-0.15, -0.1) is 0 Å². The van der Waals surface area contributed by atoms with E-state index in [1.807, 2.05) is 0 Å². The van der Waals surface area contributed by atoms with E-state index in [9.17, 15) is 19.3 Å². The first-order valence-electron chi connectivity index (χ1n) is 5.42. The van der Waals surface area contributed by atoms with Crippen molar-refractivity contribution >= 4 is 11.7 Å². The van der Waals surface area contributed by atoms with Crippen LogP contribution in [0.3, 0.4) is 0 Å². The summed E-state index contributed by atoms with van der Waals surface area (Å²) in [5.41, 5.74) is -0.557. The molecule has 0 amide bonds. The largest absolute Gasteiger partial charge is 0.478 e. The Kier molecular flexibility index (Phi) is 3.60. The Bertz CT molecular complexity index is 686. The number of halogens is 1. The van der Waals surface area contributed by atoms with Crippen molar-refractivity contribution in [1.82, 2.24) is 0 Å². The van der Waals surface area contributed by atoms with Gasteiger partial charge < -0.3 is 9.84 Å². The number of nitrogens with zero attached hydrogens (tertiary/aromatic N) is 1. The van der Waals surface area contributed by atoms with Crippen LogP contribution in [0.1, 0.15) is 10.4 Å². The zero-order valence-corrected chi connectivity index (χ0v) is 9.95. The second-order valence-electron chi connectivity index (χ2n) is 3.80. The van der Waals surface area contributed by atoms with E-state index in [0.717, 1.165) is 18.2 Å². The summed E-state index contributed by atoms with van der Waals surface area (Å²) >= 11 is 0. The smallest absolute Gasteiger partial charge is 0.335 e. The number of rotatable bonds is 4. The van der Waals surface area contributed by atoms with Gasteiger partial charge in [-0.2, -0.15) is 0 Å². The SMILES string of the molecule is O=C(O)c1cccc(Oc2ccc(F)cc2[N+](=O)[O-])c1. The molecule has 0 aliphatic rings. The third-order valence-electron chi connectivity index (χ3n) is 2.43. The molecular weight excluding hydrogens is 269 g/mol. The zero-order valence-electron chi connectivity index (χ0n) is 9.95. The van der Waals surface area contributed by atoms with Crippen molar-refractivity contribution in [3.63, 3.8) is 0 Å². The Morgan fingerprint density at radius 2 is 2.00 bits per heavy atom. The summed E-state index contributed by atoms with van der Waals surface area (Å²) in [5, 5.41) is 19.6. The van der Waals surface area contributed by atoms with Crippen molar-refractivity contribution in [3.8, 4) is 11.5 Å². The highest BCUT2D eigenvalue weighted by atomic mass is 19.1. The lowest BCUT2D eigenvalue weighted by Gasteiger charge is -2.06. The van der Waals surface area contributed by atoms with Crippen LogP contribution < -0.4 is 4.74 Å². The average Bonchev–Trinajstić information content (AvgIpc) is 2.41. The van der Waals surface area contributed by atoms with Crippen LogP contribution >= 0.6 is 0 Å². The molecule has 20 heavy (non-hydrogen) atoms. The fraction of sp³-hybridized carbons (Fsp3) is 0. The molecule has 7 heteroatoms. The summed E-state index contributed by atoms with van der Waals surface area (Å²) < 4.78 is 18.2. The molecule has 1 N–H and O–H groups in total. The first-order chi connectivity index (χ1) is 9.47. The molecule has 0 fully saturated rings. The maximum atomic E-state index is 13.0. The number of hydrogen-bond acceptors (Lipinski definition) is 4.